The Hall–Kier alpha value is -0.200. The third-order valence-electron chi connectivity index (χ3n) is 2.65. The number of nitriles is 1. The number of hydrogen-bond donors (Lipinski definition) is 1. The van der Waals surface area contributed by atoms with Crippen LogP contribution in [0.25, 0.3) is 0 Å². The van der Waals surface area contributed by atoms with Gasteiger partial charge in [-0.3, -0.25) is 5.32 Å². The summed E-state index contributed by atoms with van der Waals surface area (Å²) in [6.45, 7) is 6.46. The lowest BCUT2D eigenvalue weighted by atomic mass is 9.98. The zero-order valence-electron chi connectivity index (χ0n) is 10.0. The zero-order valence-corrected chi connectivity index (χ0v) is 10.9. The van der Waals surface area contributed by atoms with Crippen molar-refractivity contribution in [3.05, 3.63) is 0 Å². The molecular weight excluding hydrogens is 204 g/mol. The molecule has 0 aromatic heterocycles. The van der Waals surface area contributed by atoms with Gasteiger partial charge in [0.05, 0.1) is 6.07 Å². The van der Waals surface area contributed by atoms with E-state index >= 15 is 0 Å². The molecule has 86 valence electrons. The maximum Gasteiger partial charge on any atom is 0.105 e. The number of thioether (sulfide) groups is 1. The molecular formula is C12H22N2S. The van der Waals surface area contributed by atoms with E-state index in [1.807, 2.05) is 18.7 Å². The fourth-order valence-corrected chi connectivity index (χ4v) is 2.86. The minimum atomic E-state index is -0.318. The normalized spacial score (nSPS) is 21.7. The second-order valence-corrected chi connectivity index (χ2v) is 6.29. The molecule has 0 aliphatic heterocycles. The smallest absolute Gasteiger partial charge is 0.105 e. The molecule has 0 heterocycles. The predicted octanol–water partition coefficient (Wildman–Crippen LogP) is 2.94. The molecule has 0 saturated heterocycles. The highest BCUT2D eigenvalue weighted by atomic mass is 32.2. The van der Waals surface area contributed by atoms with Crippen LogP contribution < -0.4 is 5.32 Å². The number of nitrogens with one attached hydrogen (secondary N) is 1. The van der Waals surface area contributed by atoms with Crippen LogP contribution in [0.1, 0.15) is 46.5 Å². The molecule has 0 radical (unpaired) electrons. The summed E-state index contributed by atoms with van der Waals surface area (Å²) in [5.74, 6) is 1.20. The molecule has 2 atom stereocenters. The summed E-state index contributed by atoms with van der Waals surface area (Å²) in [5, 5.41) is 13.2. The van der Waals surface area contributed by atoms with Crippen LogP contribution in [0.4, 0.5) is 0 Å². The highest BCUT2D eigenvalue weighted by Crippen LogP contribution is 2.27. The van der Waals surface area contributed by atoms with Gasteiger partial charge in [-0.2, -0.15) is 17.0 Å². The molecule has 3 heteroatoms. The summed E-state index contributed by atoms with van der Waals surface area (Å²) in [7, 11) is 0. The predicted molar refractivity (Wildman–Crippen MR) is 67.0 cm³/mol. The van der Waals surface area contributed by atoms with Gasteiger partial charge in [0, 0.05) is 11.3 Å². The van der Waals surface area contributed by atoms with E-state index in [-0.39, 0.29) is 5.54 Å². The van der Waals surface area contributed by atoms with E-state index in [2.05, 4.69) is 25.2 Å². The van der Waals surface area contributed by atoms with E-state index in [0.717, 1.165) is 6.42 Å². The first-order valence-electron chi connectivity index (χ1n) is 5.90. The summed E-state index contributed by atoms with van der Waals surface area (Å²) in [6, 6.07) is 3.04. The summed E-state index contributed by atoms with van der Waals surface area (Å²) in [6.07, 6.45) is 4.65. The standard InChI is InChI=1S/C12H22N2S/c1-4-7-15-10(2)8-12(3,9-13)14-11-5-6-11/h10-11,14H,4-8H2,1-3H3. The lowest BCUT2D eigenvalue weighted by Crippen LogP contribution is -2.44. The van der Waals surface area contributed by atoms with Crippen molar-refractivity contribution in [2.24, 2.45) is 0 Å². The first-order valence-corrected chi connectivity index (χ1v) is 6.95. The van der Waals surface area contributed by atoms with Crippen molar-refractivity contribution in [3.63, 3.8) is 0 Å². The van der Waals surface area contributed by atoms with E-state index < -0.39 is 0 Å². The van der Waals surface area contributed by atoms with Crippen molar-refractivity contribution >= 4 is 11.8 Å². The van der Waals surface area contributed by atoms with Crippen molar-refractivity contribution in [2.75, 3.05) is 5.75 Å². The SMILES string of the molecule is CCCSC(C)CC(C)(C#N)NC1CC1. The molecule has 15 heavy (non-hydrogen) atoms. The highest BCUT2D eigenvalue weighted by Gasteiger charge is 2.33. The minimum Gasteiger partial charge on any atom is -0.297 e. The molecule has 1 saturated carbocycles. The molecule has 1 aliphatic rings. The Morgan fingerprint density at radius 3 is 2.73 bits per heavy atom. The highest BCUT2D eigenvalue weighted by molar-refractivity contribution is 7.99. The van der Waals surface area contributed by atoms with Crippen molar-refractivity contribution in [2.45, 2.75) is 63.3 Å². The number of rotatable bonds is 7. The fraction of sp³-hybridized carbons (Fsp3) is 0.917. The summed E-state index contributed by atoms with van der Waals surface area (Å²) >= 11 is 1.98. The van der Waals surface area contributed by atoms with Crippen LogP contribution in [0, 0.1) is 11.3 Å². The number of nitrogens with zero attached hydrogens (tertiary/aromatic N) is 1. The monoisotopic (exact) mass is 226 g/mol. The summed E-state index contributed by atoms with van der Waals surface area (Å²) in [4.78, 5) is 0. The van der Waals surface area contributed by atoms with E-state index in [1.54, 1.807) is 0 Å². The van der Waals surface area contributed by atoms with Crippen LogP contribution >= 0.6 is 11.8 Å². The topological polar surface area (TPSA) is 35.8 Å². The van der Waals surface area contributed by atoms with Crippen molar-refractivity contribution < 1.29 is 0 Å². The molecule has 1 N–H and O–H groups in total. The zero-order chi connectivity index (χ0) is 11.3. The maximum absolute atomic E-state index is 9.21. The second kappa shape index (κ2) is 5.77. The lowest BCUT2D eigenvalue weighted by Gasteiger charge is -2.26. The first kappa shape index (κ1) is 12.9. The Balaban J connectivity index is 2.33. The third kappa shape index (κ3) is 4.90. The molecule has 2 unspecified atom stereocenters. The van der Waals surface area contributed by atoms with Gasteiger partial charge in [-0.1, -0.05) is 13.8 Å². The second-order valence-electron chi connectivity index (χ2n) is 4.75. The Bertz CT molecular complexity index is 232. The van der Waals surface area contributed by atoms with Gasteiger partial charge in [-0.15, -0.1) is 0 Å². The van der Waals surface area contributed by atoms with Crippen LogP contribution in [0.15, 0.2) is 0 Å². The lowest BCUT2D eigenvalue weighted by molar-refractivity contribution is 0.415. The van der Waals surface area contributed by atoms with E-state index in [0.29, 0.717) is 11.3 Å². The summed E-state index contributed by atoms with van der Waals surface area (Å²) in [5.41, 5.74) is -0.318. The van der Waals surface area contributed by atoms with Gasteiger partial charge in [0.2, 0.25) is 0 Å². The fourth-order valence-electron chi connectivity index (χ4n) is 1.77. The van der Waals surface area contributed by atoms with Gasteiger partial charge < -0.3 is 0 Å². The Kier molecular flexibility index (Phi) is 4.95. The molecule has 0 aromatic carbocycles. The van der Waals surface area contributed by atoms with Crippen LogP contribution in [0.2, 0.25) is 0 Å². The minimum absolute atomic E-state index is 0.318. The average Bonchev–Trinajstić information content (AvgIpc) is 2.98. The van der Waals surface area contributed by atoms with Crippen LogP contribution in [-0.2, 0) is 0 Å². The van der Waals surface area contributed by atoms with Crippen molar-refractivity contribution in [3.8, 4) is 6.07 Å². The van der Waals surface area contributed by atoms with Gasteiger partial charge in [0.25, 0.3) is 0 Å². The Morgan fingerprint density at radius 1 is 1.60 bits per heavy atom. The maximum atomic E-state index is 9.21. The molecule has 0 spiro atoms. The molecule has 0 amide bonds. The van der Waals surface area contributed by atoms with Crippen LogP contribution in [0.3, 0.4) is 0 Å². The van der Waals surface area contributed by atoms with Gasteiger partial charge in [0.15, 0.2) is 0 Å². The molecule has 1 fully saturated rings. The molecule has 0 aromatic rings. The first-order chi connectivity index (χ1) is 7.09. The van der Waals surface area contributed by atoms with Gasteiger partial charge in [-0.05, 0) is 38.4 Å². The van der Waals surface area contributed by atoms with Crippen LogP contribution in [0.5, 0.6) is 0 Å². The van der Waals surface area contributed by atoms with E-state index in [1.165, 1.54) is 25.0 Å². The summed E-state index contributed by atoms with van der Waals surface area (Å²) < 4.78 is 0. The Labute approximate surface area is 97.8 Å². The van der Waals surface area contributed by atoms with Crippen molar-refractivity contribution in [1.29, 1.82) is 5.26 Å². The van der Waals surface area contributed by atoms with Crippen molar-refractivity contribution in [1.82, 2.24) is 5.32 Å². The molecule has 2 nitrogen and oxygen atoms in total. The quantitative estimate of drug-likeness (QED) is 0.725. The van der Waals surface area contributed by atoms with Crippen LogP contribution in [-0.4, -0.2) is 22.6 Å². The molecule has 1 rings (SSSR count). The largest absolute Gasteiger partial charge is 0.297 e. The van der Waals surface area contributed by atoms with E-state index in [4.69, 9.17) is 0 Å². The van der Waals surface area contributed by atoms with Gasteiger partial charge >= 0.3 is 0 Å². The molecule has 1 aliphatic carbocycles. The molecule has 0 bridgehead atoms. The van der Waals surface area contributed by atoms with Gasteiger partial charge in [-0.25, -0.2) is 0 Å². The van der Waals surface area contributed by atoms with E-state index in [9.17, 15) is 5.26 Å². The third-order valence-corrected chi connectivity index (χ3v) is 4.03. The Morgan fingerprint density at radius 2 is 2.27 bits per heavy atom. The average molecular weight is 226 g/mol. The number of hydrogen-bond acceptors (Lipinski definition) is 3. The van der Waals surface area contributed by atoms with Gasteiger partial charge in [0.1, 0.15) is 5.54 Å².